The monoisotopic (exact) mass is 669 g/mol. The van der Waals surface area contributed by atoms with Gasteiger partial charge >= 0.3 is 0 Å². The van der Waals surface area contributed by atoms with Crippen LogP contribution in [-0.2, 0) is 0 Å². The first-order valence-corrected chi connectivity index (χ1v) is 18.0. The van der Waals surface area contributed by atoms with Gasteiger partial charge in [-0.3, -0.25) is 0 Å². The predicted molar refractivity (Wildman–Crippen MR) is 203 cm³/mol. The van der Waals surface area contributed by atoms with E-state index in [0.717, 1.165) is 27.8 Å². The lowest BCUT2D eigenvalue weighted by molar-refractivity contribution is 1.58. The molecule has 0 aromatic heterocycles. The van der Waals surface area contributed by atoms with Crippen molar-refractivity contribution in [2.24, 2.45) is 0 Å². The van der Waals surface area contributed by atoms with Crippen LogP contribution < -0.4 is 21.2 Å². The Balaban J connectivity index is 1.72. The fraction of sp³-hybridized carbons (Fsp3) is 0. The molecule has 0 saturated heterocycles. The smallest absolute Gasteiger partial charge is 0.0843 e. The van der Waals surface area contributed by atoms with E-state index in [2.05, 4.69) is 140 Å². The maximum Gasteiger partial charge on any atom is 0.145 e. The number of hydrogen-bond donors (Lipinski definition) is 0. The molecule has 222 valence electrons. The highest BCUT2D eigenvalue weighted by Gasteiger charge is 2.50. The Hall–Kier alpha value is -4.16. The minimum Gasteiger partial charge on any atom is -0.0843 e. The minimum absolute atomic E-state index is 0.700. The number of rotatable bonds is 7. The van der Waals surface area contributed by atoms with Gasteiger partial charge in [0.2, 0.25) is 0 Å². The van der Waals surface area contributed by atoms with Gasteiger partial charge in [0.05, 0.1) is 0 Å². The summed E-state index contributed by atoms with van der Waals surface area (Å²) in [5.74, 6) is 0. The average Bonchev–Trinajstić information content (AvgIpc) is 3.11. The molecular weight excluding hydrogens is 642 g/mol. The van der Waals surface area contributed by atoms with Gasteiger partial charge in [-0.05, 0) is 113 Å². The zero-order chi connectivity index (χ0) is 31.5. The van der Waals surface area contributed by atoms with E-state index in [1.54, 1.807) is 0 Å². The second kappa shape index (κ2) is 13.3. The van der Waals surface area contributed by atoms with E-state index < -0.39 is 7.26 Å². The van der Waals surface area contributed by atoms with Crippen LogP contribution in [0.25, 0.3) is 33.4 Å². The van der Waals surface area contributed by atoms with Crippen LogP contribution in [0.4, 0.5) is 0 Å². The van der Waals surface area contributed by atoms with Crippen molar-refractivity contribution in [2.75, 3.05) is 0 Å². The molecule has 0 spiro atoms. The molecule has 7 aromatic carbocycles. The van der Waals surface area contributed by atoms with Gasteiger partial charge in [-0.25, -0.2) is 0 Å². The van der Waals surface area contributed by atoms with Crippen LogP contribution in [0.3, 0.4) is 0 Å². The van der Waals surface area contributed by atoms with Gasteiger partial charge in [0.15, 0.2) is 0 Å². The fourth-order valence-electron chi connectivity index (χ4n) is 6.30. The van der Waals surface area contributed by atoms with Crippen LogP contribution in [-0.4, -0.2) is 0 Å². The first-order chi connectivity index (χ1) is 22.5. The van der Waals surface area contributed by atoms with Crippen molar-refractivity contribution in [1.82, 2.24) is 0 Å². The van der Waals surface area contributed by atoms with Crippen LogP contribution in [0.2, 0.25) is 15.1 Å². The summed E-state index contributed by atoms with van der Waals surface area (Å²) in [5.41, 5.74) is 6.67. The Bertz CT molecular complexity index is 1980. The van der Waals surface area contributed by atoms with Crippen molar-refractivity contribution < 1.29 is 0 Å². The second-order valence-electron chi connectivity index (χ2n) is 11.1. The molecule has 7 rings (SSSR count). The SMILES string of the molecule is Clc1ccc(-c2cc(-c3ccc(Cl)cc3)c(-c3ccc(Cl)cc3)c([P+](c3ccccc3)(c3ccccc3)c3ccccc3)c2)cc1. The van der Waals surface area contributed by atoms with Crippen molar-refractivity contribution >= 4 is 63.3 Å². The first kappa shape index (κ1) is 30.5. The van der Waals surface area contributed by atoms with E-state index >= 15 is 0 Å². The molecule has 0 atom stereocenters. The largest absolute Gasteiger partial charge is 0.145 e. The van der Waals surface area contributed by atoms with E-state index in [1.807, 2.05) is 36.4 Å². The third-order valence-corrected chi connectivity index (χ3v) is 13.4. The predicted octanol–water partition coefficient (Wildman–Crippen LogP) is 11.3. The standard InChI is InChI=1S/C42H29Cl3P/c43-34-22-16-30(17-23-34)33-28-40(31-18-24-35(44)25-19-31)42(32-20-26-36(45)27-21-32)41(29-33)46(37-10-4-1-5-11-37,38-12-6-2-7-13-38)39-14-8-3-9-15-39/h1-29H/q+1. The van der Waals surface area contributed by atoms with Gasteiger partial charge in [0.25, 0.3) is 0 Å². The average molecular weight is 671 g/mol. The quantitative estimate of drug-likeness (QED) is 0.148. The van der Waals surface area contributed by atoms with Gasteiger partial charge in [-0.1, -0.05) is 126 Å². The molecule has 0 bridgehead atoms. The molecule has 0 amide bonds. The number of hydrogen-bond acceptors (Lipinski definition) is 0. The second-order valence-corrected chi connectivity index (χ2v) is 15.8. The molecule has 0 aliphatic rings. The van der Waals surface area contributed by atoms with Crippen molar-refractivity contribution in [3.8, 4) is 33.4 Å². The van der Waals surface area contributed by atoms with E-state index in [0.29, 0.717) is 15.1 Å². The molecule has 0 heterocycles. The van der Waals surface area contributed by atoms with E-state index in [4.69, 9.17) is 34.8 Å². The van der Waals surface area contributed by atoms with Crippen molar-refractivity contribution in [3.63, 3.8) is 0 Å². The number of halogens is 3. The first-order valence-electron chi connectivity index (χ1n) is 15.1. The lowest BCUT2D eigenvalue weighted by Gasteiger charge is -2.31. The van der Waals surface area contributed by atoms with E-state index in [1.165, 1.54) is 26.8 Å². The Labute approximate surface area is 286 Å². The van der Waals surface area contributed by atoms with Crippen LogP contribution in [0.5, 0.6) is 0 Å². The molecule has 0 fully saturated rings. The lowest BCUT2D eigenvalue weighted by atomic mass is 9.91. The molecule has 4 heteroatoms. The van der Waals surface area contributed by atoms with Crippen LogP contribution >= 0.6 is 42.1 Å². The molecular formula is C42H29Cl3P+. The zero-order valence-corrected chi connectivity index (χ0v) is 28.0. The normalized spacial score (nSPS) is 11.4. The number of benzene rings is 7. The summed E-state index contributed by atoms with van der Waals surface area (Å²) in [7, 11) is -2.52. The Morgan fingerprint density at radius 2 is 0.696 bits per heavy atom. The zero-order valence-electron chi connectivity index (χ0n) is 24.8. The summed E-state index contributed by atoms with van der Waals surface area (Å²) in [5, 5.41) is 7.20. The molecule has 0 aliphatic heterocycles. The van der Waals surface area contributed by atoms with Crippen molar-refractivity contribution in [2.45, 2.75) is 0 Å². The summed E-state index contributed by atoms with van der Waals surface area (Å²) >= 11 is 19.3. The van der Waals surface area contributed by atoms with Gasteiger partial charge in [-0.2, -0.15) is 0 Å². The Morgan fingerprint density at radius 1 is 0.326 bits per heavy atom. The Morgan fingerprint density at radius 3 is 1.11 bits per heavy atom. The minimum atomic E-state index is -2.52. The molecule has 0 N–H and O–H groups in total. The molecule has 0 nitrogen and oxygen atoms in total. The molecule has 0 unspecified atom stereocenters. The van der Waals surface area contributed by atoms with Gasteiger partial charge in [-0.15, -0.1) is 0 Å². The highest BCUT2D eigenvalue weighted by molar-refractivity contribution is 8.01. The van der Waals surface area contributed by atoms with Gasteiger partial charge in [0.1, 0.15) is 28.5 Å². The lowest BCUT2D eigenvalue weighted by Crippen LogP contribution is -2.39. The molecule has 0 radical (unpaired) electrons. The highest BCUT2D eigenvalue weighted by Crippen LogP contribution is 2.57. The maximum absolute atomic E-state index is 6.49. The summed E-state index contributed by atoms with van der Waals surface area (Å²) in [6.45, 7) is 0. The molecule has 0 saturated carbocycles. The summed E-state index contributed by atoms with van der Waals surface area (Å²) in [6.07, 6.45) is 0. The maximum atomic E-state index is 6.49. The third-order valence-electron chi connectivity index (χ3n) is 8.38. The van der Waals surface area contributed by atoms with Crippen LogP contribution in [0.1, 0.15) is 0 Å². The molecule has 0 aliphatic carbocycles. The van der Waals surface area contributed by atoms with Gasteiger partial charge < -0.3 is 0 Å². The fourth-order valence-corrected chi connectivity index (χ4v) is 11.2. The summed E-state index contributed by atoms with van der Waals surface area (Å²) in [6, 6.07) is 62.1. The van der Waals surface area contributed by atoms with Crippen LogP contribution in [0, 0.1) is 0 Å². The summed E-state index contributed by atoms with van der Waals surface area (Å²) in [4.78, 5) is 0. The van der Waals surface area contributed by atoms with E-state index in [9.17, 15) is 0 Å². The highest BCUT2D eigenvalue weighted by atomic mass is 35.5. The molecule has 46 heavy (non-hydrogen) atoms. The van der Waals surface area contributed by atoms with Crippen LogP contribution in [0.15, 0.2) is 176 Å². The van der Waals surface area contributed by atoms with E-state index in [-0.39, 0.29) is 0 Å². The summed E-state index contributed by atoms with van der Waals surface area (Å²) < 4.78 is 0. The Kier molecular flexibility index (Phi) is 8.81. The van der Waals surface area contributed by atoms with Crippen molar-refractivity contribution in [1.29, 1.82) is 0 Å². The topological polar surface area (TPSA) is 0 Å². The third kappa shape index (κ3) is 5.79. The van der Waals surface area contributed by atoms with Crippen molar-refractivity contribution in [3.05, 3.63) is 191 Å². The van der Waals surface area contributed by atoms with Gasteiger partial charge in [0, 0.05) is 20.6 Å². The molecule has 7 aromatic rings.